The molecule has 11 heavy (non-hydrogen) atoms. The second kappa shape index (κ2) is 5.01. The van der Waals surface area contributed by atoms with Crippen LogP contribution >= 0.6 is 12.6 Å². The fourth-order valence-electron chi connectivity index (χ4n) is 0.491. The van der Waals surface area contributed by atoms with Crippen molar-refractivity contribution in [1.29, 1.82) is 0 Å². The molecule has 0 heterocycles. The molecule has 0 aliphatic rings. The van der Waals surface area contributed by atoms with Gasteiger partial charge in [0.25, 0.3) is 0 Å². The molecule has 0 aromatic rings. The van der Waals surface area contributed by atoms with E-state index in [4.69, 9.17) is 1.37 Å². The highest BCUT2D eigenvalue weighted by atomic mass is 32.1. The van der Waals surface area contributed by atoms with Crippen LogP contribution in [0.4, 0.5) is 0 Å². The van der Waals surface area contributed by atoms with E-state index in [-0.39, 0.29) is 5.75 Å². The first-order chi connectivity index (χ1) is 5.46. The molecule has 1 atom stereocenters. The fourth-order valence-corrected chi connectivity index (χ4v) is 0.699. The van der Waals surface area contributed by atoms with Gasteiger partial charge in [0, 0.05) is 12.7 Å². The van der Waals surface area contributed by atoms with Crippen molar-refractivity contribution in [3.8, 4) is 0 Å². The maximum atomic E-state index is 10.9. The molecule has 0 bridgehead atoms. The van der Waals surface area contributed by atoms with Crippen molar-refractivity contribution in [2.24, 2.45) is 0 Å². The highest BCUT2D eigenvalue weighted by Crippen LogP contribution is 1.90. The average molecular weight is 178 g/mol. The van der Waals surface area contributed by atoms with Crippen molar-refractivity contribution in [3.05, 3.63) is 0 Å². The Bertz CT molecular complexity index is 199. The Labute approximate surface area is 72.1 Å². The number of thiol groups is 1. The molecule has 64 valence electrons. The van der Waals surface area contributed by atoms with Crippen molar-refractivity contribution in [1.82, 2.24) is 5.32 Å². The van der Waals surface area contributed by atoms with E-state index < -0.39 is 17.9 Å². The smallest absolute Gasteiger partial charge is 0.329 e. The van der Waals surface area contributed by atoms with Gasteiger partial charge in [-0.1, -0.05) is 0 Å². The van der Waals surface area contributed by atoms with Gasteiger partial charge in [0.05, 0.1) is 8.48 Å². The molecule has 4 nitrogen and oxygen atoms in total. The Balaban J connectivity index is 4.44. The number of rotatable bonds is 3. The van der Waals surface area contributed by atoms with E-state index in [1.165, 1.54) is 6.92 Å². The first-order valence-electron chi connectivity index (χ1n) is 3.44. The van der Waals surface area contributed by atoms with E-state index in [1.807, 2.05) is 0 Å². The predicted molar refractivity (Wildman–Crippen MR) is 43.5 cm³/mol. The van der Waals surface area contributed by atoms with Crippen molar-refractivity contribution in [2.45, 2.75) is 12.9 Å². The van der Waals surface area contributed by atoms with Crippen LogP contribution in [0.2, 0.25) is 0 Å². The zero-order chi connectivity index (χ0) is 9.78. The highest BCUT2D eigenvalue weighted by molar-refractivity contribution is 7.80. The maximum absolute atomic E-state index is 10.9. The van der Waals surface area contributed by atoms with Gasteiger partial charge in [0.1, 0.15) is 6.02 Å². The standard InChI is InChI=1S/C6H11NO3S/c1-4(8)7-5(3-11)6(9)10-2/h5,11H,3H2,1-2H3,(H,7,8)/i5D. The monoisotopic (exact) mass is 178 g/mol. The summed E-state index contributed by atoms with van der Waals surface area (Å²) in [7, 11) is 1.15. The molecule has 0 aromatic carbocycles. The summed E-state index contributed by atoms with van der Waals surface area (Å²) in [5.41, 5.74) is 0. The normalized spacial score (nSPS) is 16.1. The van der Waals surface area contributed by atoms with Gasteiger partial charge in [-0.3, -0.25) is 4.79 Å². The quantitative estimate of drug-likeness (QED) is 0.456. The lowest BCUT2D eigenvalue weighted by Gasteiger charge is -2.11. The number of amides is 1. The molecule has 0 aliphatic carbocycles. The second-order valence-electron chi connectivity index (χ2n) is 1.81. The summed E-state index contributed by atoms with van der Waals surface area (Å²) in [5.74, 6) is -1.42. The van der Waals surface area contributed by atoms with E-state index in [9.17, 15) is 9.59 Å². The topological polar surface area (TPSA) is 55.4 Å². The number of methoxy groups -OCH3 is 1. The van der Waals surface area contributed by atoms with Crippen molar-refractivity contribution in [3.63, 3.8) is 0 Å². The van der Waals surface area contributed by atoms with Crippen LogP contribution in [-0.2, 0) is 14.3 Å². The first kappa shape index (κ1) is 8.39. The highest BCUT2D eigenvalue weighted by Gasteiger charge is 2.17. The van der Waals surface area contributed by atoms with Gasteiger partial charge < -0.3 is 10.1 Å². The van der Waals surface area contributed by atoms with Crippen molar-refractivity contribution in [2.75, 3.05) is 12.9 Å². The van der Waals surface area contributed by atoms with Crippen molar-refractivity contribution >= 4 is 24.5 Å². The summed E-state index contributed by atoms with van der Waals surface area (Å²) in [6.07, 6.45) is 0. The molecule has 0 aliphatic heterocycles. The largest absolute Gasteiger partial charge is 0.467 e. The molecule has 1 amide bonds. The Morgan fingerprint density at radius 1 is 1.82 bits per heavy atom. The average Bonchev–Trinajstić information content (AvgIpc) is 2.01. The van der Waals surface area contributed by atoms with Gasteiger partial charge in [0.2, 0.25) is 5.91 Å². The van der Waals surface area contributed by atoms with Crippen molar-refractivity contribution < 1.29 is 15.7 Å². The molecule has 0 saturated heterocycles. The van der Waals surface area contributed by atoms with Crippen LogP contribution < -0.4 is 5.32 Å². The number of hydrogen-bond donors (Lipinski definition) is 2. The van der Waals surface area contributed by atoms with E-state index in [0.29, 0.717) is 0 Å². The van der Waals surface area contributed by atoms with Gasteiger partial charge in [-0.2, -0.15) is 12.6 Å². The predicted octanol–water partition coefficient (Wildman–Crippen LogP) is -0.406. The van der Waals surface area contributed by atoms with Gasteiger partial charge in [-0.15, -0.1) is 0 Å². The van der Waals surface area contributed by atoms with E-state index >= 15 is 0 Å². The molecule has 1 N–H and O–H groups in total. The lowest BCUT2D eigenvalue weighted by atomic mass is 10.3. The molecule has 0 fully saturated rings. The summed E-state index contributed by atoms with van der Waals surface area (Å²) in [6.45, 7) is 1.22. The molecule has 0 spiro atoms. The third-order valence-electron chi connectivity index (χ3n) is 0.917. The van der Waals surface area contributed by atoms with Crippen LogP contribution in [0.3, 0.4) is 0 Å². The number of hydrogen-bond acceptors (Lipinski definition) is 4. The Morgan fingerprint density at radius 3 is 2.64 bits per heavy atom. The van der Waals surface area contributed by atoms with Crippen LogP contribution in [0.25, 0.3) is 0 Å². The summed E-state index contributed by atoms with van der Waals surface area (Å²) in [6, 6.07) is -1.77. The third kappa shape index (κ3) is 3.87. The maximum Gasteiger partial charge on any atom is 0.329 e. The lowest BCUT2D eigenvalue weighted by Crippen LogP contribution is -2.41. The number of ether oxygens (including phenoxy) is 1. The van der Waals surface area contributed by atoms with Gasteiger partial charge >= 0.3 is 5.97 Å². The van der Waals surface area contributed by atoms with Crippen LogP contribution in [0.15, 0.2) is 0 Å². The molecule has 0 rings (SSSR count). The third-order valence-corrected chi connectivity index (χ3v) is 1.23. The van der Waals surface area contributed by atoms with E-state index in [0.717, 1.165) is 7.11 Å². The van der Waals surface area contributed by atoms with Crippen LogP contribution in [0, 0.1) is 0 Å². The van der Waals surface area contributed by atoms with Gasteiger partial charge in [-0.25, -0.2) is 4.79 Å². The van der Waals surface area contributed by atoms with Crippen LogP contribution in [0.5, 0.6) is 0 Å². The molecule has 1 unspecified atom stereocenters. The van der Waals surface area contributed by atoms with Crippen LogP contribution in [0.1, 0.15) is 8.29 Å². The molecule has 0 aromatic heterocycles. The molecule has 5 heteroatoms. The SMILES string of the molecule is [2H]C(CS)(NC(C)=O)C(=O)OC. The number of nitrogens with one attached hydrogen (secondary N) is 1. The Morgan fingerprint density at radius 2 is 2.36 bits per heavy atom. The minimum Gasteiger partial charge on any atom is -0.467 e. The number of carbonyl (C=O) groups is 2. The fraction of sp³-hybridized carbons (Fsp3) is 0.667. The summed E-state index contributed by atoms with van der Waals surface area (Å²) in [5, 5.41) is 2.13. The first-order valence-corrected chi connectivity index (χ1v) is 3.57. The van der Waals surface area contributed by atoms with Crippen LogP contribution in [-0.4, -0.2) is 30.8 Å². The van der Waals surface area contributed by atoms with Gasteiger partial charge in [-0.05, 0) is 0 Å². The molecule has 0 saturated carbocycles. The van der Waals surface area contributed by atoms with Gasteiger partial charge in [0.15, 0.2) is 0 Å². The Kier molecular flexibility index (Phi) is 3.82. The van der Waals surface area contributed by atoms with E-state index in [1.54, 1.807) is 0 Å². The lowest BCUT2D eigenvalue weighted by molar-refractivity contribution is -0.144. The number of carbonyl (C=O) groups excluding carboxylic acids is 2. The summed E-state index contributed by atoms with van der Waals surface area (Å²) >= 11 is 3.77. The summed E-state index contributed by atoms with van der Waals surface area (Å²) in [4.78, 5) is 21.5. The van der Waals surface area contributed by atoms with E-state index in [2.05, 4.69) is 22.7 Å². The zero-order valence-corrected chi connectivity index (χ0v) is 7.27. The minimum atomic E-state index is -1.77. The molecular formula is C6H11NO3S. The number of esters is 1. The molecule has 0 radical (unpaired) electrons. The summed E-state index contributed by atoms with van der Waals surface area (Å²) < 4.78 is 11.7. The molecular weight excluding hydrogens is 166 g/mol. The zero-order valence-electron chi connectivity index (χ0n) is 7.38. The second-order valence-corrected chi connectivity index (χ2v) is 2.13. The minimum absolute atomic E-state index is 0.126. The Hall–Kier alpha value is -0.710.